The number of hydrogen-bond donors (Lipinski definition) is 3. The molecule has 168 valence electrons. The van der Waals surface area contributed by atoms with E-state index in [1.165, 1.54) is 19.2 Å². The topological polar surface area (TPSA) is 117 Å². The van der Waals surface area contributed by atoms with E-state index in [9.17, 15) is 14.5 Å². The smallest absolute Gasteiger partial charge is 0.355 e. The number of aliphatic imine (C=N–C) groups is 1. The summed E-state index contributed by atoms with van der Waals surface area (Å²) in [6.07, 6.45) is 4.34. The average molecular weight is 445 g/mol. The molecule has 4 N–H and O–H groups in total. The van der Waals surface area contributed by atoms with E-state index < -0.39 is 12.0 Å². The molecule has 1 aliphatic heterocycles. The minimum atomic E-state index is -0.511. The number of nitrogens with one attached hydrogen (secondary N) is 2. The fourth-order valence-corrected chi connectivity index (χ4v) is 3.40. The first-order valence-corrected chi connectivity index (χ1v) is 10.5. The number of benzene rings is 1. The Balaban J connectivity index is 1.58. The molecule has 0 aromatic heterocycles. The van der Waals surface area contributed by atoms with Crippen LogP contribution in [0.25, 0.3) is 11.1 Å². The van der Waals surface area contributed by atoms with Gasteiger partial charge in [0.05, 0.1) is 12.2 Å². The minimum Gasteiger partial charge on any atom is -0.403 e. The van der Waals surface area contributed by atoms with Crippen molar-refractivity contribution >= 4 is 17.6 Å². The van der Waals surface area contributed by atoms with Crippen LogP contribution in [0.1, 0.15) is 19.4 Å². The number of rotatable bonds is 7. The zero-order valence-corrected chi connectivity index (χ0v) is 18.5. The summed E-state index contributed by atoms with van der Waals surface area (Å²) < 4.78 is 0.621. The van der Waals surface area contributed by atoms with Crippen LogP contribution in [0.3, 0.4) is 0 Å². The lowest BCUT2D eigenvalue weighted by Gasteiger charge is -2.16. The van der Waals surface area contributed by atoms with Crippen molar-refractivity contribution in [3.05, 3.63) is 89.1 Å². The van der Waals surface area contributed by atoms with Gasteiger partial charge >= 0.3 is 5.84 Å². The summed E-state index contributed by atoms with van der Waals surface area (Å²) in [6.45, 7) is 3.24. The quantitative estimate of drug-likeness (QED) is 0.568. The van der Waals surface area contributed by atoms with Gasteiger partial charge in [-0.3, -0.25) is 9.59 Å². The molecule has 2 aromatic rings. The molecule has 1 heterocycles. The molecule has 0 fully saturated rings. The standard InChI is InChI=1S/C25H25N5O3/c1-17-23(11-12-24(28-17)30(33)16-22(14-26)29-18(2)31)25(32)27-15-19-7-6-10-21(13-19)20-8-4-3-5-9-20/h3-5,8-14,17,23H,15-16H2,1-2H3,(H3-,26,27,28,29,31,32,33)/p+1. The van der Waals surface area contributed by atoms with Crippen LogP contribution in [0, 0.1) is 23.0 Å². The van der Waals surface area contributed by atoms with E-state index in [1.54, 1.807) is 13.0 Å². The third-order valence-corrected chi connectivity index (χ3v) is 5.07. The Kier molecular flexibility index (Phi) is 7.71. The Morgan fingerprint density at radius 2 is 2.00 bits per heavy atom. The van der Waals surface area contributed by atoms with Crippen LogP contribution < -0.4 is 16.4 Å². The summed E-state index contributed by atoms with van der Waals surface area (Å²) in [4.78, 5) is 40.7. The Bertz CT molecular complexity index is 1120. The predicted molar refractivity (Wildman–Crippen MR) is 126 cm³/mol. The Hall–Kier alpha value is -4.25. The largest absolute Gasteiger partial charge is 0.403 e. The van der Waals surface area contributed by atoms with Crippen LogP contribution in [0.15, 0.2) is 71.5 Å². The molecule has 33 heavy (non-hydrogen) atoms. The maximum absolute atomic E-state index is 12.7. The van der Waals surface area contributed by atoms with E-state index in [2.05, 4.69) is 27.8 Å². The van der Waals surface area contributed by atoms with Crippen LogP contribution in [0.4, 0.5) is 0 Å². The molecule has 3 rings (SSSR count). The Morgan fingerprint density at radius 3 is 2.67 bits per heavy atom. The van der Waals surface area contributed by atoms with Gasteiger partial charge in [0.2, 0.25) is 11.8 Å². The van der Waals surface area contributed by atoms with E-state index in [0.717, 1.165) is 16.7 Å². The predicted octanol–water partition coefficient (Wildman–Crippen LogP) is 2.26. The zero-order valence-electron chi connectivity index (χ0n) is 18.5. The summed E-state index contributed by atoms with van der Waals surface area (Å²) in [5.74, 6) is -0.869. The monoisotopic (exact) mass is 444 g/mol. The van der Waals surface area contributed by atoms with E-state index in [4.69, 9.17) is 5.73 Å². The number of dihydropyridines is 1. The number of hydrogen-bond acceptors (Lipinski definition) is 5. The Labute approximate surface area is 192 Å². The first-order chi connectivity index (χ1) is 15.9. The molecule has 8 heteroatoms. The van der Waals surface area contributed by atoms with Crippen molar-refractivity contribution in [3.63, 3.8) is 0 Å². The van der Waals surface area contributed by atoms with Gasteiger partial charge in [0.15, 0.2) is 12.6 Å². The molecule has 2 atom stereocenters. The van der Waals surface area contributed by atoms with E-state index in [0.29, 0.717) is 11.3 Å². The lowest BCUT2D eigenvalue weighted by molar-refractivity contribution is -0.421. The van der Waals surface area contributed by atoms with Gasteiger partial charge in [-0.25, -0.2) is 0 Å². The van der Waals surface area contributed by atoms with Crippen molar-refractivity contribution in [1.82, 2.24) is 10.6 Å². The molecule has 0 aliphatic carbocycles. The van der Waals surface area contributed by atoms with Crippen LogP contribution in [0.2, 0.25) is 0 Å². The molecule has 8 nitrogen and oxygen atoms in total. The second-order valence-corrected chi connectivity index (χ2v) is 7.64. The number of carbonyl (C=O) groups excluding carboxylic acids is 2. The molecule has 1 aliphatic rings. The summed E-state index contributed by atoms with van der Waals surface area (Å²) in [5.41, 5.74) is 8.60. The van der Waals surface area contributed by atoms with Gasteiger partial charge in [-0.05, 0) is 34.9 Å². The molecule has 0 saturated heterocycles. The zero-order chi connectivity index (χ0) is 23.8. The first kappa shape index (κ1) is 23.4. The number of amidine groups is 1. The van der Waals surface area contributed by atoms with Crippen LogP contribution in [0.5, 0.6) is 0 Å². The van der Waals surface area contributed by atoms with Crippen molar-refractivity contribution < 1.29 is 14.3 Å². The van der Waals surface area contributed by atoms with Crippen LogP contribution in [-0.2, 0) is 16.1 Å². The molecule has 2 aromatic carbocycles. The summed E-state index contributed by atoms with van der Waals surface area (Å²) in [7, 11) is 0. The van der Waals surface area contributed by atoms with Crippen molar-refractivity contribution in [2.75, 3.05) is 6.54 Å². The van der Waals surface area contributed by atoms with E-state index in [1.807, 2.05) is 42.5 Å². The molecular weight excluding hydrogens is 418 g/mol. The molecule has 2 amide bonds. The first-order valence-electron chi connectivity index (χ1n) is 10.5. The number of amides is 2. The number of nitrogens with two attached hydrogens (primary N) is 1. The number of nitroso groups, excluding NO2 is 1. The maximum atomic E-state index is 12.7. The second kappa shape index (κ2) is 10.9. The fourth-order valence-electron chi connectivity index (χ4n) is 3.40. The lowest BCUT2D eigenvalue weighted by Crippen LogP contribution is -2.38. The van der Waals surface area contributed by atoms with Crippen molar-refractivity contribution in [1.29, 1.82) is 0 Å². The third-order valence-electron chi connectivity index (χ3n) is 5.07. The van der Waals surface area contributed by atoms with Crippen LogP contribution in [-0.4, -0.2) is 35.0 Å². The molecule has 2 unspecified atom stereocenters. The number of carbonyl (C=O) groups is 2. The highest BCUT2D eigenvalue weighted by Gasteiger charge is 2.32. The van der Waals surface area contributed by atoms with E-state index in [-0.39, 0.29) is 29.9 Å². The Morgan fingerprint density at radius 1 is 1.24 bits per heavy atom. The highest BCUT2D eigenvalue weighted by molar-refractivity contribution is 5.90. The normalized spacial score (nSPS) is 17.5. The molecular formula is C25H26N5O3+. The van der Waals surface area contributed by atoms with Gasteiger partial charge in [0.25, 0.3) is 0 Å². The summed E-state index contributed by atoms with van der Waals surface area (Å²) in [6, 6.07) is 19.3. The van der Waals surface area contributed by atoms with E-state index >= 15 is 0 Å². The lowest BCUT2D eigenvalue weighted by atomic mass is 9.97. The highest BCUT2D eigenvalue weighted by atomic mass is 16.3. The van der Waals surface area contributed by atoms with Gasteiger partial charge in [0, 0.05) is 24.8 Å². The SMILES string of the molecule is CC(=O)N/C(=C/N)C[N+](=O)C1=NC(C)C(C(=O)NCc2c#ccc(-c3ccccc3)c2)C=C1. The van der Waals surface area contributed by atoms with Crippen LogP contribution >= 0.6 is 0 Å². The van der Waals surface area contributed by atoms with Crippen molar-refractivity contribution in [3.8, 4) is 11.1 Å². The summed E-state index contributed by atoms with van der Waals surface area (Å²) >= 11 is 0. The average Bonchev–Trinajstić information content (AvgIpc) is 2.82. The van der Waals surface area contributed by atoms with Gasteiger partial charge in [-0.15, -0.1) is 0 Å². The minimum absolute atomic E-state index is 0.160. The maximum Gasteiger partial charge on any atom is 0.355 e. The molecule has 0 bridgehead atoms. The van der Waals surface area contributed by atoms with Gasteiger partial charge in [-0.1, -0.05) is 58.4 Å². The fraction of sp³-hybridized carbons (Fsp3) is 0.240. The summed E-state index contributed by atoms with van der Waals surface area (Å²) in [5, 5.41) is 5.40. The van der Waals surface area contributed by atoms with Crippen molar-refractivity contribution in [2.24, 2.45) is 16.6 Å². The van der Waals surface area contributed by atoms with Gasteiger partial charge in [0.1, 0.15) is 5.92 Å². The highest BCUT2D eigenvalue weighted by Crippen LogP contribution is 2.19. The molecule has 0 saturated carbocycles. The molecule has 0 spiro atoms. The third kappa shape index (κ3) is 6.37. The van der Waals surface area contributed by atoms with Crippen molar-refractivity contribution in [2.45, 2.75) is 26.4 Å². The number of nitrogens with zero attached hydrogens (tertiary/aromatic N) is 2. The van der Waals surface area contributed by atoms with Gasteiger partial charge in [-0.2, -0.15) is 0 Å². The van der Waals surface area contributed by atoms with Gasteiger partial charge < -0.3 is 16.4 Å². The second-order valence-electron chi connectivity index (χ2n) is 7.64. The molecule has 0 radical (unpaired) electrons.